The summed E-state index contributed by atoms with van der Waals surface area (Å²) in [5.74, 6) is 0.198. The topological polar surface area (TPSA) is 58.9 Å². The largest absolute Gasteiger partial charge is 0.507 e. The molecule has 0 saturated heterocycles. The zero-order valence-electron chi connectivity index (χ0n) is 26.5. The summed E-state index contributed by atoms with van der Waals surface area (Å²) in [4.78, 5) is 5.28. The minimum Gasteiger partial charge on any atom is -0.507 e. The number of aromatic nitrogens is 3. The number of fused-ring (bicyclic) bond motifs is 2. The van der Waals surface area contributed by atoms with Gasteiger partial charge in [0.15, 0.2) is 0 Å². The Labute approximate surface area is 302 Å². The Bertz CT molecular complexity index is 2900. The molecule has 5 heteroatoms. The van der Waals surface area contributed by atoms with Gasteiger partial charge in [-0.1, -0.05) is 126 Å². The number of rotatable bonds is 4. The normalized spacial score (nSPS) is 11.5. The fourth-order valence-corrected chi connectivity index (χ4v) is 7.38. The van der Waals surface area contributed by atoms with E-state index in [1.165, 1.54) is 16.2 Å². The molecular weight excluding hydrogens is 794 g/mol. The van der Waals surface area contributed by atoms with Gasteiger partial charge in [0.2, 0.25) is 0 Å². The van der Waals surface area contributed by atoms with E-state index in [9.17, 15) is 5.11 Å². The summed E-state index contributed by atoms with van der Waals surface area (Å²) in [6.07, 6.45) is 0. The molecule has 0 aliphatic rings. The first-order valence-corrected chi connectivity index (χ1v) is 16.3. The molecule has 10 aromatic rings. The van der Waals surface area contributed by atoms with Crippen molar-refractivity contribution in [2.75, 3.05) is 0 Å². The van der Waals surface area contributed by atoms with Crippen LogP contribution in [0, 0.1) is 6.07 Å². The molecule has 0 spiro atoms. The maximum Gasteiger partial charge on any atom is 0.126 e. The summed E-state index contributed by atoms with van der Waals surface area (Å²) in [5, 5.41) is 30.7. The minimum atomic E-state index is 0. The Morgan fingerprint density at radius 2 is 1.12 bits per heavy atom. The van der Waals surface area contributed by atoms with Crippen LogP contribution in [0.4, 0.5) is 0 Å². The minimum absolute atomic E-state index is 0. The number of phenolic OH excluding ortho intramolecular Hbond substituents is 1. The van der Waals surface area contributed by atoms with E-state index in [0.717, 1.165) is 71.5 Å². The quantitative estimate of drug-likeness (QED) is 0.142. The summed E-state index contributed by atoms with van der Waals surface area (Å²) in [5.41, 5.74) is 7.52. The summed E-state index contributed by atoms with van der Waals surface area (Å²) in [6, 6.07) is 55.5. The van der Waals surface area contributed by atoms with Crippen molar-refractivity contribution in [1.29, 1.82) is 0 Å². The molecule has 0 atom stereocenters. The third-order valence-corrected chi connectivity index (χ3v) is 9.65. The number of nitrogens with zero attached hydrogens (tertiary/aromatic N) is 3. The van der Waals surface area contributed by atoms with Crippen LogP contribution in [0.1, 0.15) is 0 Å². The molecule has 50 heavy (non-hydrogen) atoms. The van der Waals surface area contributed by atoms with E-state index in [4.69, 9.17) is 4.98 Å². The van der Waals surface area contributed by atoms with Gasteiger partial charge in [0, 0.05) is 38.0 Å². The molecule has 2 aromatic heterocycles. The van der Waals surface area contributed by atoms with Crippen molar-refractivity contribution in [3.63, 3.8) is 0 Å². The van der Waals surface area contributed by atoms with Crippen LogP contribution in [0.25, 0.3) is 98.9 Å². The van der Waals surface area contributed by atoms with Gasteiger partial charge in [0.05, 0.1) is 11.2 Å². The monoisotopic (exact) mass is 819 g/mol. The van der Waals surface area contributed by atoms with Crippen molar-refractivity contribution in [3.8, 4) is 50.6 Å². The van der Waals surface area contributed by atoms with Crippen LogP contribution in [-0.2, 0) is 21.1 Å². The second kappa shape index (κ2) is 11.9. The molecule has 0 aliphatic carbocycles. The standard InChI is InChI=1S/C45H26N3O.Pt/c49-42-26-33-19-18-28-11-5-12-29-20-21-37(44(33)43(28)29)45(42)41-25-34(36-16-7-10-27-8-1-3-15-35(27)36)24-39(46-41)30-13-6-14-31(22-30)40-23-32-9-2-4-17-38(32)47-48-40;/h1-21,23-26,49H;/q-1;. The predicted molar refractivity (Wildman–Crippen MR) is 201 cm³/mol. The average molecular weight is 820 g/mol. The van der Waals surface area contributed by atoms with Gasteiger partial charge in [0.1, 0.15) is 5.75 Å². The molecule has 0 aliphatic heterocycles. The second-order valence-corrected chi connectivity index (χ2v) is 12.5. The number of aromatic hydroxyl groups is 1. The molecule has 4 nitrogen and oxygen atoms in total. The van der Waals surface area contributed by atoms with Crippen molar-refractivity contribution < 1.29 is 26.2 Å². The average Bonchev–Trinajstić information content (AvgIpc) is 3.16. The van der Waals surface area contributed by atoms with Crippen molar-refractivity contribution in [2.24, 2.45) is 0 Å². The molecule has 0 radical (unpaired) electrons. The summed E-state index contributed by atoms with van der Waals surface area (Å²) in [6.45, 7) is 0. The van der Waals surface area contributed by atoms with E-state index in [-0.39, 0.29) is 26.8 Å². The molecule has 10 rings (SSSR count). The van der Waals surface area contributed by atoms with Gasteiger partial charge in [-0.05, 0) is 77.8 Å². The van der Waals surface area contributed by atoms with Gasteiger partial charge in [-0.3, -0.25) is 4.98 Å². The van der Waals surface area contributed by atoms with Gasteiger partial charge in [0.25, 0.3) is 0 Å². The Balaban J connectivity index is 0.00000336. The van der Waals surface area contributed by atoms with Gasteiger partial charge in [-0.25, -0.2) is 0 Å². The first-order chi connectivity index (χ1) is 24.2. The summed E-state index contributed by atoms with van der Waals surface area (Å²) in [7, 11) is 0. The van der Waals surface area contributed by atoms with Crippen LogP contribution in [0.15, 0.2) is 152 Å². The van der Waals surface area contributed by atoms with Gasteiger partial charge >= 0.3 is 0 Å². The predicted octanol–water partition coefficient (Wildman–Crippen LogP) is 11.2. The number of hydrogen-bond acceptors (Lipinski definition) is 4. The van der Waals surface area contributed by atoms with E-state index in [2.05, 4.69) is 113 Å². The fraction of sp³-hybridized carbons (Fsp3) is 0. The van der Waals surface area contributed by atoms with Crippen LogP contribution < -0.4 is 0 Å². The number of phenols is 1. The van der Waals surface area contributed by atoms with E-state index in [1.807, 2.05) is 54.6 Å². The Hall–Kier alpha value is -5.96. The van der Waals surface area contributed by atoms with Crippen LogP contribution >= 0.6 is 0 Å². The SMILES string of the molecule is Oc1cc2ccc3cccc4ccc(c1-c1cc(-c5cccc6ccccc56)cc(-c5[c-]c(-c6cc7ccccc7nn6)ccc5)n1)c2c34.[Pt]. The first kappa shape index (κ1) is 30.1. The smallest absolute Gasteiger partial charge is 0.126 e. The first-order valence-electron chi connectivity index (χ1n) is 16.3. The van der Waals surface area contributed by atoms with Crippen molar-refractivity contribution in [1.82, 2.24) is 15.2 Å². The van der Waals surface area contributed by atoms with Crippen LogP contribution in [-0.4, -0.2) is 20.3 Å². The maximum absolute atomic E-state index is 11.7. The van der Waals surface area contributed by atoms with Crippen molar-refractivity contribution in [2.45, 2.75) is 0 Å². The molecule has 0 unspecified atom stereocenters. The molecule has 0 fully saturated rings. The molecular formula is C45H26N3OPt-. The number of pyridine rings is 1. The van der Waals surface area contributed by atoms with Crippen molar-refractivity contribution >= 4 is 54.0 Å². The van der Waals surface area contributed by atoms with Gasteiger partial charge in [-0.2, -0.15) is 10.2 Å². The van der Waals surface area contributed by atoms with Gasteiger partial charge in [-0.15, -0.1) is 24.3 Å². The van der Waals surface area contributed by atoms with Crippen molar-refractivity contribution in [3.05, 3.63) is 158 Å². The Morgan fingerprint density at radius 3 is 2.00 bits per heavy atom. The fourth-order valence-electron chi connectivity index (χ4n) is 7.38. The van der Waals surface area contributed by atoms with Crippen LogP contribution in [0.3, 0.4) is 0 Å². The summed E-state index contributed by atoms with van der Waals surface area (Å²) >= 11 is 0. The Kier molecular flexibility index (Phi) is 7.15. The molecule has 0 amide bonds. The zero-order valence-corrected chi connectivity index (χ0v) is 28.8. The van der Waals surface area contributed by atoms with Crippen LogP contribution in [0.2, 0.25) is 0 Å². The van der Waals surface area contributed by atoms with E-state index in [1.54, 1.807) is 0 Å². The Morgan fingerprint density at radius 1 is 0.460 bits per heavy atom. The van der Waals surface area contributed by atoms with Crippen LogP contribution in [0.5, 0.6) is 5.75 Å². The third kappa shape index (κ3) is 4.83. The van der Waals surface area contributed by atoms with E-state index >= 15 is 0 Å². The second-order valence-electron chi connectivity index (χ2n) is 12.5. The zero-order chi connectivity index (χ0) is 32.5. The van der Waals surface area contributed by atoms with E-state index < -0.39 is 0 Å². The molecule has 1 N–H and O–H groups in total. The molecule has 0 saturated carbocycles. The number of benzene rings is 8. The van der Waals surface area contributed by atoms with Gasteiger partial charge < -0.3 is 5.11 Å². The molecule has 2 heterocycles. The molecule has 0 bridgehead atoms. The maximum atomic E-state index is 11.7. The number of hydrogen-bond donors (Lipinski definition) is 1. The third-order valence-electron chi connectivity index (χ3n) is 9.65. The molecule has 238 valence electrons. The van der Waals surface area contributed by atoms with E-state index in [0.29, 0.717) is 11.3 Å². The molecule has 8 aromatic carbocycles. The summed E-state index contributed by atoms with van der Waals surface area (Å²) < 4.78 is 0.